The summed E-state index contributed by atoms with van der Waals surface area (Å²) in [5.41, 5.74) is 0.776. The third-order valence-electron chi connectivity index (χ3n) is 3.46. The second-order valence-corrected chi connectivity index (χ2v) is 4.95. The largest absolute Gasteiger partial charge is 0.396 e. The van der Waals surface area contributed by atoms with E-state index in [1.807, 2.05) is 35.2 Å². The molecule has 1 amide bonds. The Bertz CT molecular complexity index is 410. The van der Waals surface area contributed by atoms with E-state index in [0.29, 0.717) is 6.54 Å². The number of benzene rings is 1. The Morgan fingerprint density at radius 1 is 1.37 bits per heavy atom. The van der Waals surface area contributed by atoms with Gasteiger partial charge in [0.1, 0.15) is 0 Å². The van der Waals surface area contributed by atoms with Crippen molar-refractivity contribution in [3.05, 3.63) is 30.3 Å². The first-order chi connectivity index (χ1) is 9.19. The van der Waals surface area contributed by atoms with Crippen molar-refractivity contribution in [3.63, 3.8) is 0 Å². The van der Waals surface area contributed by atoms with Gasteiger partial charge in [0.05, 0.1) is 12.6 Å². The molecule has 0 spiro atoms. The number of aliphatic hydroxyl groups excluding tert-OH is 2. The van der Waals surface area contributed by atoms with Crippen molar-refractivity contribution in [1.29, 1.82) is 0 Å². The van der Waals surface area contributed by atoms with Crippen molar-refractivity contribution < 1.29 is 15.0 Å². The molecular formula is C14H20N2O3. The molecule has 0 saturated carbocycles. The molecule has 1 aromatic carbocycles. The lowest BCUT2D eigenvalue weighted by atomic mass is 9.95. The van der Waals surface area contributed by atoms with Crippen LogP contribution in [0.5, 0.6) is 0 Å². The number of β-amino-alcohol motifs (C(OH)–C–C–N with tert-alkyl or cyclic N) is 1. The summed E-state index contributed by atoms with van der Waals surface area (Å²) in [5, 5.41) is 21.7. The number of amides is 1. The van der Waals surface area contributed by atoms with Crippen LogP contribution in [-0.4, -0.2) is 53.4 Å². The zero-order chi connectivity index (χ0) is 13.7. The molecule has 19 heavy (non-hydrogen) atoms. The molecule has 104 valence electrons. The maximum absolute atomic E-state index is 11.9. The van der Waals surface area contributed by atoms with Crippen LogP contribution in [0.25, 0.3) is 0 Å². The van der Waals surface area contributed by atoms with Crippen LogP contribution in [-0.2, 0) is 4.79 Å². The fraction of sp³-hybridized carbons (Fsp3) is 0.500. The summed E-state index contributed by atoms with van der Waals surface area (Å²) in [6.45, 7) is 1.44. The lowest BCUT2D eigenvalue weighted by Gasteiger charge is -2.34. The first-order valence-electron chi connectivity index (χ1n) is 6.55. The van der Waals surface area contributed by atoms with Gasteiger partial charge in [0.25, 0.3) is 0 Å². The van der Waals surface area contributed by atoms with E-state index in [9.17, 15) is 9.90 Å². The number of likely N-dealkylation sites (tertiary alicyclic amines) is 1. The maximum atomic E-state index is 11.9. The highest BCUT2D eigenvalue weighted by Crippen LogP contribution is 2.17. The van der Waals surface area contributed by atoms with Gasteiger partial charge in [-0.15, -0.1) is 0 Å². The smallest absolute Gasteiger partial charge is 0.238 e. The van der Waals surface area contributed by atoms with Gasteiger partial charge in [0.15, 0.2) is 0 Å². The lowest BCUT2D eigenvalue weighted by molar-refractivity contribution is -0.118. The number of rotatable bonds is 4. The Morgan fingerprint density at radius 2 is 2.11 bits per heavy atom. The SMILES string of the molecule is O=C(CN1CC[C@H](CO)[C@@H](O)C1)Nc1ccccc1. The van der Waals surface area contributed by atoms with Crippen molar-refractivity contribution in [2.75, 3.05) is 31.6 Å². The van der Waals surface area contributed by atoms with Crippen LogP contribution in [0.3, 0.4) is 0 Å². The molecule has 1 heterocycles. The highest BCUT2D eigenvalue weighted by molar-refractivity contribution is 5.92. The van der Waals surface area contributed by atoms with Gasteiger partial charge in [-0.3, -0.25) is 9.69 Å². The molecule has 2 atom stereocenters. The van der Waals surface area contributed by atoms with Gasteiger partial charge in [-0.25, -0.2) is 0 Å². The van der Waals surface area contributed by atoms with Crippen LogP contribution >= 0.6 is 0 Å². The molecular weight excluding hydrogens is 244 g/mol. The van der Waals surface area contributed by atoms with E-state index in [2.05, 4.69) is 5.32 Å². The monoisotopic (exact) mass is 264 g/mol. The van der Waals surface area contributed by atoms with Gasteiger partial charge >= 0.3 is 0 Å². The second kappa shape index (κ2) is 6.65. The van der Waals surface area contributed by atoms with Crippen molar-refractivity contribution >= 4 is 11.6 Å². The van der Waals surface area contributed by atoms with Crippen LogP contribution in [0.1, 0.15) is 6.42 Å². The summed E-state index contributed by atoms with van der Waals surface area (Å²) in [6.07, 6.45) is 0.166. The minimum absolute atomic E-state index is 0.00518. The third kappa shape index (κ3) is 4.02. The summed E-state index contributed by atoms with van der Waals surface area (Å²) in [7, 11) is 0. The number of para-hydroxylation sites is 1. The van der Waals surface area contributed by atoms with E-state index >= 15 is 0 Å². The second-order valence-electron chi connectivity index (χ2n) is 4.95. The number of hydrogen-bond acceptors (Lipinski definition) is 4. The summed E-state index contributed by atoms with van der Waals surface area (Å²) >= 11 is 0. The van der Waals surface area contributed by atoms with E-state index in [1.54, 1.807) is 0 Å². The summed E-state index contributed by atoms with van der Waals surface area (Å²) < 4.78 is 0. The molecule has 1 aliphatic rings. The first kappa shape index (κ1) is 14.0. The van der Waals surface area contributed by atoms with Crippen molar-refractivity contribution in [3.8, 4) is 0 Å². The number of nitrogens with zero attached hydrogens (tertiary/aromatic N) is 1. The molecule has 0 unspecified atom stereocenters. The number of nitrogens with one attached hydrogen (secondary N) is 1. The van der Waals surface area contributed by atoms with Gasteiger partial charge in [-0.05, 0) is 25.1 Å². The Kier molecular flexibility index (Phi) is 4.90. The molecule has 0 aliphatic carbocycles. The molecule has 1 saturated heterocycles. The summed E-state index contributed by atoms with van der Waals surface area (Å²) in [6, 6.07) is 9.30. The molecule has 2 rings (SSSR count). The Labute approximate surface area is 112 Å². The number of carbonyl (C=O) groups excluding carboxylic acids is 1. The van der Waals surface area contributed by atoms with E-state index in [0.717, 1.165) is 18.7 Å². The van der Waals surface area contributed by atoms with Crippen LogP contribution in [0.4, 0.5) is 5.69 Å². The first-order valence-corrected chi connectivity index (χ1v) is 6.55. The zero-order valence-corrected chi connectivity index (χ0v) is 10.8. The molecule has 5 nitrogen and oxygen atoms in total. The number of aliphatic hydroxyl groups is 2. The van der Waals surface area contributed by atoms with Crippen LogP contribution in [0.15, 0.2) is 30.3 Å². The molecule has 3 N–H and O–H groups in total. The molecule has 5 heteroatoms. The average molecular weight is 264 g/mol. The topological polar surface area (TPSA) is 72.8 Å². The number of piperidine rings is 1. The minimum Gasteiger partial charge on any atom is -0.396 e. The third-order valence-corrected chi connectivity index (χ3v) is 3.46. The van der Waals surface area contributed by atoms with Gasteiger partial charge in [-0.1, -0.05) is 18.2 Å². The van der Waals surface area contributed by atoms with E-state index in [-0.39, 0.29) is 25.0 Å². The fourth-order valence-electron chi connectivity index (χ4n) is 2.33. The normalized spacial score (nSPS) is 24.1. The minimum atomic E-state index is -0.553. The van der Waals surface area contributed by atoms with Crippen LogP contribution in [0.2, 0.25) is 0 Å². The van der Waals surface area contributed by atoms with Crippen LogP contribution in [0, 0.1) is 5.92 Å². The number of hydrogen-bond donors (Lipinski definition) is 3. The molecule has 0 aromatic heterocycles. The predicted octanol–water partition coefficient (Wildman–Crippen LogP) is 0.300. The lowest BCUT2D eigenvalue weighted by Crippen LogP contribution is -2.47. The van der Waals surface area contributed by atoms with Gasteiger partial charge in [-0.2, -0.15) is 0 Å². The molecule has 0 radical (unpaired) electrons. The fourth-order valence-corrected chi connectivity index (χ4v) is 2.33. The summed E-state index contributed by atoms with van der Waals surface area (Å²) in [5.74, 6) is -0.144. The van der Waals surface area contributed by atoms with E-state index < -0.39 is 6.10 Å². The van der Waals surface area contributed by atoms with E-state index in [4.69, 9.17) is 5.11 Å². The van der Waals surface area contributed by atoms with Crippen LogP contribution < -0.4 is 5.32 Å². The quantitative estimate of drug-likeness (QED) is 0.731. The predicted molar refractivity (Wildman–Crippen MR) is 72.7 cm³/mol. The van der Waals surface area contributed by atoms with Gasteiger partial charge in [0, 0.05) is 24.8 Å². The number of carbonyl (C=O) groups is 1. The highest BCUT2D eigenvalue weighted by atomic mass is 16.3. The zero-order valence-electron chi connectivity index (χ0n) is 10.8. The molecule has 1 aromatic rings. The van der Waals surface area contributed by atoms with Gasteiger partial charge in [0.2, 0.25) is 5.91 Å². The van der Waals surface area contributed by atoms with Crippen molar-refractivity contribution in [2.24, 2.45) is 5.92 Å². The van der Waals surface area contributed by atoms with E-state index in [1.165, 1.54) is 0 Å². The van der Waals surface area contributed by atoms with Crippen molar-refractivity contribution in [2.45, 2.75) is 12.5 Å². The molecule has 0 bridgehead atoms. The maximum Gasteiger partial charge on any atom is 0.238 e. The average Bonchev–Trinajstić information content (AvgIpc) is 2.40. The van der Waals surface area contributed by atoms with Gasteiger partial charge < -0.3 is 15.5 Å². The molecule has 1 aliphatic heterocycles. The Hall–Kier alpha value is -1.43. The van der Waals surface area contributed by atoms with Crippen molar-refractivity contribution in [1.82, 2.24) is 4.90 Å². The highest BCUT2D eigenvalue weighted by Gasteiger charge is 2.27. The number of anilines is 1. The Morgan fingerprint density at radius 3 is 2.74 bits per heavy atom. The Balaban J connectivity index is 1.80. The standard InChI is InChI=1S/C14H20N2O3/c17-10-11-6-7-16(8-13(11)18)9-14(19)15-12-4-2-1-3-5-12/h1-5,11,13,17-18H,6-10H2,(H,15,19)/t11-,13+/m1/s1. The molecule has 1 fully saturated rings. The summed E-state index contributed by atoms with van der Waals surface area (Å²) in [4.78, 5) is 13.8.